The predicted octanol–water partition coefficient (Wildman–Crippen LogP) is 1.90. The fraction of sp³-hybridized carbons (Fsp3) is 0.235. The first kappa shape index (κ1) is 22.5. The average Bonchev–Trinajstić information content (AvgIpc) is 2.74. The molecule has 2 aromatic rings. The molecule has 2 aromatic carbocycles. The van der Waals surface area contributed by atoms with Crippen LogP contribution in [0.15, 0.2) is 29.2 Å². The van der Waals surface area contributed by atoms with Gasteiger partial charge in [0, 0.05) is 23.3 Å². The Morgan fingerprint density at radius 1 is 1.23 bits per heavy atom. The van der Waals surface area contributed by atoms with E-state index in [4.69, 9.17) is 14.2 Å². The van der Waals surface area contributed by atoms with Crippen LogP contribution in [0.1, 0.15) is 11.1 Å². The summed E-state index contributed by atoms with van der Waals surface area (Å²) in [5.74, 6) is -6.40. The van der Waals surface area contributed by atoms with Gasteiger partial charge in [0.2, 0.25) is 10.0 Å². The summed E-state index contributed by atoms with van der Waals surface area (Å²) in [5, 5.41) is 11.1. The summed E-state index contributed by atoms with van der Waals surface area (Å²) in [6.45, 7) is -1.55. The third-order valence-electron chi connectivity index (χ3n) is 4.07. The molecule has 0 radical (unpaired) electrons. The van der Waals surface area contributed by atoms with Crippen LogP contribution >= 0.6 is 0 Å². The van der Waals surface area contributed by atoms with Crippen molar-refractivity contribution >= 4 is 21.7 Å². The number of benzene rings is 2. The molecule has 0 atom stereocenters. The topological polar surface area (TPSA) is 134 Å². The molecule has 0 saturated heterocycles. The van der Waals surface area contributed by atoms with Crippen LogP contribution in [0.2, 0.25) is 0 Å². The standard InChI is InChI=1S/C17H13F3N2O8S/c18-12-1-2-13(16(20)15(12)19)31(26,27)21-5-14(23)29-7-10-4-11(22(24)25)3-9-6-28-8-30-17(9)10/h1-4,21H,5-8H2. The zero-order chi connectivity index (χ0) is 22.8. The average molecular weight is 462 g/mol. The largest absolute Gasteiger partial charge is 0.467 e. The molecule has 1 aliphatic heterocycles. The lowest BCUT2D eigenvalue weighted by molar-refractivity contribution is -0.385. The Bertz CT molecular complexity index is 1160. The second-order valence-corrected chi connectivity index (χ2v) is 7.85. The number of ether oxygens (including phenoxy) is 3. The molecule has 3 rings (SSSR count). The SMILES string of the molecule is O=C(CNS(=O)(=O)c1ccc(F)c(F)c1F)OCc1cc([N+](=O)[O-])cc2c1OCOC2. The van der Waals surface area contributed by atoms with Crippen molar-refractivity contribution in [3.05, 3.63) is 63.0 Å². The molecule has 14 heteroatoms. The van der Waals surface area contributed by atoms with Crippen molar-refractivity contribution in [2.45, 2.75) is 18.1 Å². The molecule has 31 heavy (non-hydrogen) atoms. The Labute approximate surface area is 172 Å². The van der Waals surface area contributed by atoms with Gasteiger partial charge in [-0.05, 0) is 12.1 Å². The molecule has 0 bridgehead atoms. The Morgan fingerprint density at radius 3 is 2.68 bits per heavy atom. The first-order valence-electron chi connectivity index (χ1n) is 8.39. The minimum Gasteiger partial charge on any atom is -0.467 e. The lowest BCUT2D eigenvalue weighted by Gasteiger charge is -2.20. The second kappa shape index (κ2) is 8.87. The van der Waals surface area contributed by atoms with E-state index in [0.717, 1.165) is 6.07 Å². The van der Waals surface area contributed by atoms with Gasteiger partial charge in [-0.1, -0.05) is 0 Å². The van der Waals surface area contributed by atoms with Crippen LogP contribution in [-0.2, 0) is 37.5 Å². The number of hydrogen-bond donors (Lipinski definition) is 1. The second-order valence-electron chi connectivity index (χ2n) is 6.12. The number of nitro groups is 1. The quantitative estimate of drug-likeness (QED) is 0.285. The number of nitro benzene ring substituents is 1. The molecular formula is C17H13F3N2O8S. The van der Waals surface area contributed by atoms with Crippen molar-refractivity contribution in [1.29, 1.82) is 0 Å². The number of sulfonamides is 1. The summed E-state index contributed by atoms with van der Waals surface area (Å²) in [5.41, 5.74) is 0.213. The van der Waals surface area contributed by atoms with Crippen LogP contribution in [0, 0.1) is 27.6 Å². The summed E-state index contributed by atoms with van der Waals surface area (Å²) < 4.78 is 80.9. The molecule has 0 amide bonds. The van der Waals surface area contributed by atoms with E-state index in [0.29, 0.717) is 17.7 Å². The number of carbonyl (C=O) groups excluding carboxylic acids is 1. The first-order valence-corrected chi connectivity index (χ1v) is 9.88. The van der Waals surface area contributed by atoms with Gasteiger partial charge in [-0.25, -0.2) is 21.6 Å². The van der Waals surface area contributed by atoms with Crippen LogP contribution < -0.4 is 9.46 Å². The fourth-order valence-corrected chi connectivity index (χ4v) is 3.69. The zero-order valence-corrected chi connectivity index (χ0v) is 16.2. The number of halogens is 3. The van der Waals surface area contributed by atoms with Crippen molar-refractivity contribution in [2.24, 2.45) is 0 Å². The maximum atomic E-state index is 13.7. The van der Waals surface area contributed by atoms with Crippen molar-refractivity contribution in [2.75, 3.05) is 13.3 Å². The van der Waals surface area contributed by atoms with Gasteiger partial charge in [0.1, 0.15) is 23.8 Å². The third-order valence-corrected chi connectivity index (χ3v) is 5.49. The minimum absolute atomic E-state index is 0.0392. The van der Waals surface area contributed by atoms with Gasteiger partial charge in [0.25, 0.3) is 5.69 Å². The van der Waals surface area contributed by atoms with Crippen molar-refractivity contribution in [3.8, 4) is 5.75 Å². The lowest BCUT2D eigenvalue weighted by atomic mass is 10.1. The molecular weight excluding hydrogens is 449 g/mol. The van der Waals surface area contributed by atoms with Gasteiger partial charge >= 0.3 is 5.97 Å². The van der Waals surface area contributed by atoms with Gasteiger partial charge in [0.15, 0.2) is 24.2 Å². The fourth-order valence-electron chi connectivity index (χ4n) is 2.65. The van der Waals surface area contributed by atoms with Crippen molar-refractivity contribution < 1.29 is 45.5 Å². The minimum atomic E-state index is -4.70. The summed E-state index contributed by atoms with van der Waals surface area (Å²) in [6.07, 6.45) is 0. The van der Waals surface area contributed by atoms with E-state index in [1.165, 1.54) is 6.07 Å². The number of nitrogens with one attached hydrogen (secondary N) is 1. The predicted molar refractivity (Wildman–Crippen MR) is 94.7 cm³/mol. The molecule has 0 aromatic heterocycles. The number of esters is 1. The van der Waals surface area contributed by atoms with Crippen LogP contribution in [0.4, 0.5) is 18.9 Å². The van der Waals surface area contributed by atoms with Crippen molar-refractivity contribution in [1.82, 2.24) is 4.72 Å². The molecule has 1 N–H and O–H groups in total. The molecule has 0 spiro atoms. The number of carbonyl (C=O) groups is 1. The highest BCUT2D eigenvalue weighted by Gasteiger charge is 2.25. The molecule has 0 aliphatic carbocycles. The van der Waals surface area contributed by atoms with Gasteiger partial charge < -0.3 is 14.2 Å². The molecule has 166 valence electrons. The van der Waals surface area contributed by atoms with E-state index in [9.17, 15) is 36.5 Å². The van der Waals surface area contributed by atoms with E-state index >= 15 is 0 Å². The van der Waals surface area contributed by atoms with E-state index in [1.807, 2.05) is 0 Å². The van der Waals surface area contributed by atoms with Gasteiger partial charge in [0.05, 0.1) is 11.5 Å². The maximum Gasteiger partial charge on any atom is 0.321 e. The molecule has 0 fully saturated rings. The number of nitrogens with zero attached hydrogens (tertiary/aromatic N) is 1. The van der Waals surface area contributed by atoms with Crippen molar-refractivity contribution in [3.63, 3.8) is 0 Å². The van der Waals surface area contributed by atoms with Crippen LogP contribution in [0.3, 0.4) is 0 Å². The highest BCUT2D eigenvalue weighted by Crippen LogP contribution is 2.33. The van der Waals surface area contributed by atoms with E-state index in [1.54, 1.807) is 4.72 Å². The van der Waals surface area contributed by atoms with Gasteiger partial charge in [-0.2, -0.15) is 4.72 Å². The van der Waals surface area contributed by atoms with Crippen LogP contribution in [0.5, 0.6) is 5.75 Å². The molecule has 1 aliphatic rings. The highest BCUT2D eigenvalue weighted by molar-refractivity contribution is 7.89. The smallest absolute Gasteiger partial charge is 0.321 e. The van der Waals surface area contributed by atoms with E-state index < -0.39 is 56.4 Å². The Hall–Kier alpha value is -3.23. The Balaban J connectivity index is 1.68. The monoisotopic (exact) mass is 462 g/mol. The number of fused-ring (bicyclic) bond motifs is 1. The summed E-state index contributed by atoms with van der Waals surface area (Å²) >= 11 is 0. The number of hydrogen-bond acceptors (Lipinski definition) is 8. The third kappa shape index (κ3) is 4.92. The molecule has 0 unspecified atom stereocenters. The van der Waals surface area contributed by atoms with Gasteiger partial charge in [-0.3, -0.25) is 14.9 Å². The van der Waals surface area contributed by atoms with E-state index in [-0.39, 0.29) is 30.4 Å². The summed E-state index contributed by atoms with van der Waals surface area (Å²) in [6, 6.07) is 3.28. The Morgan fingerprint density at radius 2 is 1.97 bits per heavy atom. The summed E-state index contributed by atoms with van der Waals surface area (Å²) in [4.78, 5) is 21.1. The maximum absolute atomic E-state index is 13.7. The Kier molecular flexibility index (Phi) is 6.42. The lowest BCUT2D eigenvalue weighted by Crippen LogP contribution is -2.31. The van der Waals surface area contributed by atoms with Gasteiger partial charge in [-0.15, -0.1) is 0 Å². The first-order chi connectivity index (χ1) is 14.6. The zero-order valence-electron chi connectivity index (χ0n) is 15.4. The molecule has 1 heterocycles. The van der Waals surface area contributed by atoms with E-state index in [2.05, 4.69) is 0 Å². The highest BCUT2D eigenvalue weighted by atomic mass is 32.2. The number of rotatable bonds is 7. The number of non-ortho nitro benzene ring substituents is 1. The molecule has 0 saturated carbocycles. The normalized spacial score (nSPS) is 13.3. The van der Waals surface area contributed by atoms with Crippen LogP contribution in [0.25, 0.3) is 0 Å². The van der Waals surface area contributed by atoms with Crippen LogP contribution in [-0.4, -0.2) is 32.6 Å². The summed E-state index contributed by atoms with van der Waals surface area (Å²) in [7, 11) is -4.70. The molecule has 10 nitrogen and oxygen atoms in total.